The molecule has 2 aliphatic heterocycles. The number of benzene rings is 1. The van der Waals surface area contributed by atoms with Gasteiger partial charge in [-0.1, -0.05) is 12.1 Å². The Labute approximate surface area is 107 Å². The van der Waals surface area contributed by atoms with E-state index in [9.17, 15) is 0 Å². The summed E-state index contributed by atoms with van der Waals surface area (Å²) >= 11 is 0. The molecule has 0 bridgehead atoms. The monoisotopic (exact) mass is 247 g/mol. The number of fused-ring (bicyclic) bond motifs is 1. The molecule has 1 aromatic carbocycles. The molecular formula is C14H17NO3. The van der Waals surface area contributed by atoms with E-state index in [1.807, 2.05) is 38.1 Å². The van der Waals surface area contributed by atoms with E-state index in [1.165, 1.54) is 0 Å². The average molecular weight is 247 g/mol. The minimum Gasteiger partial charge on any atom is -0.466 e. The van der Waals surface area contributed by atoms with Crippen molar-refractivity contribution in [3.05, 3.63) is 29.8 Å². The molecule has 0 saturated carbocycles. The lowest BCUT2D eigenvalue weighted by molar-refractivity contribution is -0.138. The van der Waals surface area contributed by atoms with Crippen LogP contribution in [0.25, 0.3) is 0 Å². The fourth-order valence-corrected chi connectivity index (χ4v) is 2.23. The van der Waals surface area contributed by atoms with Crippen molar-refractivity contribution in [3.63, 3.8) is 0 Å². The van der Waals surface area contributed by atoms with Gasteiger partial charge in [0.1, 0.15) is 11.5 Å². The molecule has 0 unspecified atom stereocenters. The highest BCUT2D eigenvalue weighted by molar-refractivity contribution is 6.06. The predicted octanol–water partition coefficient (Wildman–Crippen LogP) is 2.37. The van der Waals surface area contributed by atoms with Gasteiger partial charge in [0, 0.05) is 5.56 Å². The molecule has 1 fully saturated rings. The maximum Gasteiger partial charge on any atom is 0.201 e. The topological polar surface area (TPSA) is 40.0 Å². The summed E-state index contributed by atoms with van der Waals surface area (Å²) in [6.45, 7) is 5.30. The number of hydrogen-bond donors (Lipinski definition) is 0. The van der Waals surface area contributed by atoms with Crippen molar-refractivity contribution >= 4 is 5.71 Å². The normalized spacial score (nSPS) is 22.9. The van der Waals surface area contributed by atoms with Crippen molar-refractivity contribution in [1.82, 2.24) is 0 Å². The van der Waals surface area contributed by atoms with Gasteiger partial charge in [0.05, 0.1) is 13.2 Å². The second-order valence-electron chi connectivity index (χ2n) is 4.97. The summed E-state index contributed by atoms with van der Waals surface area (Å²) in [4.78, 5) is 4.62. The Hall–Kier alpha value is -1.39. The lowest BCUT2D eigenvalue weighted by Gasteiger charge is -2.33. The average Bonchev–Trinajstić information content (AvgIpc) is 2.38. The fraction of sp³-hybridized carbons (Fsp3) is 0.500. The summed E-state index contributed by atoms with van der Waals surface area (Å²) in [5, 5.41) is 0. The van der Waals surface area contributed by atoms with Crippen molar-refractivity contribution in [2.24, 2.45) is 4.99 Å². The summed E-state index contributed by atoms with van der Waals surface area (Å²) in [5.41, 5.74) is 1.22. The Morgan fingerprint density at radius 2 is 1.89 bits per heavy atom. The second-order valence-corrected chi connectivity index (χ2v) is 4.97. The van der Waals surface area contributed by atoms with Gasteiger partial charge in [-0.05, 0) is 32.4 Å². The van der Waals surface area contributed by atoms with Crippen LogP contribution in [0, 0.1) is 0 Å². The SMILES string of the molecule is CC1(C)N=C(C2OCCCO2)c2ccccc2O1. The molecule has 1 saturated heterocycles. The quantitative estimate of drug-likeness (QED) is 0.765. The van der Waals surface area contributed by atoms with Crippen LogP contribution >= 0.6 is 0 Å². The predicted molar refractivity (Wildman–Crippen MR) is 68.0 cm³/mol. The second kappa shape index (κ2) is 4.37. The number of rotatable bonds is 1. The first kappa shape index (κ1) is 11.7. The summed E-state index contributed by atoms with van der Waals surface area (Å²) in [5.74, 6) is 0.838. The van der Waals surface area contributed by atoms with Gasteiger partial charge in [0.25, 0.3) is 0 Å². The van der Waals surface area contributed by atoms with E-state index in [-0.39, 0.29) is 6.29 Å². The molecule has 0 aliphatic carbocycles. The number of ether oxygens (including phenoxy) is 3. The Morgan fingerprint density at radius 3 is 2.67 bits per heavy atom. The maximum atomic E-state index is 5.84. The van der Waals surface area contributed by atoms with E-state index in [2.05, 4.69) is 4.99 Å². The van der Waals surface area contributed by atoms with Crippen LogP contribution in [0.4, 0.5) is 0 Å². The van der Waals surface area contributed by atoms with Gasteiger partial charge < -0.3 is 14.2 Å². The lowest BCUT2D eigenvalue weighted by Crippen LogP contribution is -2.40. The van der Waals surface area contributed by atoms with Gasteiger partial charge >= 0.3 is 0 Å². The first-order valence-electron chi connectivity index (χ1n) is 6.27. The van der Waals surface area contributed by atoms with Crippen molar-refractivity contribution in [2.75, 3.05) is 13.2 Å². The summed E-state index contributed by atoms with van der Waals surface area (Å²) < 4.78 is 17.2. The van der Waals surface area contributed by atoms with Crippen LogP contribution in [-0.2, 0) is 9.47 Å². The molecule has 96 valence electrons. The first-order chi connectivity index (χ1) is 8.66. The molecule has 0 N–H and O–H groups in total. The van der Waals surface area contributed by atoms with E-state index in [1.54, 1.807) is 0 Å². The Kier molecular flexibility index (Phi) is 2.84. The van der Waals surface area contributed by atoms with E-state index >= 15 is 0 Å². The van der Waals surface area contributed by atoms with Gasteiger partial charge in [-0.25, -0.2) is 4.99 Å². The molecule has 1 aromatic rings. The van der Waals surface area contributed by atoms with E-state index in [4.69, 9.17) is 14.2 Å². The van der Waals surface area contributed by atoms with Crippen molar-refractivity contribution < 1.29 is 14.2 Å². The van der Waals surface area contributed by atoms with Crippen LogP contribution in [-0.4, -0.2) is 30.9 Å². The maximum absolute atomic E-state index is 5.84. The zero-order chi connectivity index (χ0) is 12.6. The molecular weight excluding hydrogens is 230 g/mol. The highest BCUT2D eigenvalue weighted by Gasteiger charge is 2.33. The number of para-hydroxylation sites is 1. The number of aliphatic imine (C=N–C) groups is 1. The molecule has 2 heterocycles. The molecule has 18 heavy (non-hydrogen) atoms. The smallest absolute Gasteiger partial charge is 0.201 e. The molecule has 0 radical (unpaired) electrons. The molecule has 0 atom stereocenters. The third-order valence-corrected chi connectivity index (χ3v) is 2.96. The van der Waals surface area contributed by atoms with Crippen LogP contribution in [0.2, 0.25) is 0 Å². The van der Waals surface area contributed by atoms with Crippen LogP contribution in [0.5, 0.6) is 5.75 Å². The summed E-state index contributed by atoms with van der Waals surface area (Å²) in [6, 6.07) is 7.87. The molecule has 4 heteroatoms. The van der Waals surface area contributed by atoms with Gasteiger partial charge in [-0.2, -0.15) is 0 Å². The molecule has 0 aromatic heterocycles. The van der Waals surface area contributed by atoms with Crippen LogP contribution in [0.3, 0.4) is 0 Å². The molecule has 0 amide bonds. The molecule has 0 spiro atoms. The highest BCUT2D eigenvalue weighted by Crippen LogP contribution is 2.32. The standard InChI is InChI=1S/C14H17NO3/c1-14(2)15-12(13-16-8-5-9-17-13)10-6-3-4-7-11(10)18-14/h3-4,6-7,13H,5,8-9H2,1-2H3. The fourth-order valence-electron chi connectivity index (χ4n) is 2.23. The van der Waals surface area contributed by atoms with Crippen molar-refractivity contribution in [2.45, 2.75) is 32.3 Å². The highest BCUT2D eigenvalue weighted by atomic mass is 16.7. The largest absolute Gasteiger partial charge is 0.466 e. The van der Waals surface area contributed by atoms with Crippen molar-refractivity contribution in [3.8, 4) is 5.75 Å². The third kappa shape index (κ3) is 2.13. The zero-order valence-corrected chi connectivity index (χ0v) is 10.7. The third-order valence-electron chi connectivity index (χ3n) is 2.96. The Morgan fingerprint density at radius 1 is 1.17 bits per heavy atom. The minimum absolute atomic E-state index is 0.372. The molecule has 3 rings (SSSR count). The van der Waals surface area contributed by atoms with E-state index in [0.29, 0.717) is 13.2 Å². The van der Waals surface area contributed by atoms with Gasteiger partial charge in [-0.3, -0.25) is 0 Å². The van der Waals surface area contributed by atoms with Gasteiger partial charge in [0.2, 0.25) is 6.29 Å². The van der Waals surface area contributed by atoms with Crippen LogP contribution in [0.1, 0.15) is 25.8 Å². The van der Waals surface area contributed by atoms with Gasteiger partial charge in [0.15, 0.2) is 5.72 Å². The van der Waals surface area contributed by atoms with E-state index in [0.717, 1.165) is 23.4 Å². The Bertz CT molecular complexity index is 476. The zero-order valence-electron chi connectivity index (χ0n) is 10.7. The first-order valence-corrected chi connectivity index (χ1v) is 6.27. The molecule has 4 nitrogen and oxygen atoms in total. The van der Waals surface area contributed by atoms with E-state index < -0.39 is 5.72 Å². The number of nitrogens with zero attached hydrogens (tertiary/aromatic N) is 1. The summed E-state index contributed by atoms with van der Waals surface area (Å²) in [7, 11) is 0. The molecule has 2 aliphatic rings. The van der Waals surface area contributed by atoms with Gasteiger partial charge in [-0.15, -0.1) is 0 Å². The van der Waals surface area contributed by atoms with Crippen LogP contribution in [0.15, 0.2) is 29.3 Å². The van der Waals surface area contributed by atoms with Crippen molar-refractivity contribution in [1.29, 1.82) is 0 Å². The minimum atomic E-state index is -0.576. The summed E-state index contributed by atoms with van der Waals surface area (Å²) in [6.07, 6.45) is 0.564. The Balaban J connectivity index is 2.01. The lowest BCUT2D eigenvalue weighted by atomic mass is 10.1. The van der Waals surface area contributed by atoms with Crippen LogP contribution < -0.4 is 4.74 Å². The number of hydrogen-bond acceptors (Lipinski definition) is 4.